The molecule has 1 N–H and O–H groups in total. The average Bonchev–Trinajstić information content (AvgIpc) is 2.93. The highest BCUT2D eigenvalue weighted by Crippen LogP contribution is 2.28. The Morgan fingerprint density at radius 3 is 3.00 bits per heavy atom. The van der Waals surface area contributed by atoms with Gasteiger partial charge >= 0.3 is 0 Å². The van der Waals surface area contributed by atoms with Crippen molar-refractivity contribution >= 4 is 15.9 Å². The van der Waals surface area contributed by atoms with Gasteiger partial charge in [0.25, 0.3) is 0 Å². The molecule has 0 amide bonds. The molecule has 0 aliphatic carbocycles. The second-order valence-electron chi connectivity index (χ2n) is 5.26. The van der Waals surface area contributed by atoms with Crippen LogP contribution in [-0.4, -0.2) is 11.7 Å². The van der Waals surface area contributed by atoms with Crippen LogP contribution in [0, 0.1) is 5.92 Å². The Labute approximate surface area is 134 Å². The number of hydrogen-bond acceptors (Lipinski definition) is 3. The maximum atomic E-state index is 5.41. The van der Waals surface area contributed by atoms with Crippen LogP contribution in [0.5, 0.6) is 0 Å². The van der Waals surface area contributed by atoms with Gasteiger partial charge in [-0.15, -0.1) is 6.58 Å². The Hall–Kier alpha value is -1.39. The Bertz CT molecular complexity index is 580. The summed E-state index contributed by atoms with van der Waals surface area (Å²) in [6.07, 6.45) is 4.19. The van der Waals surface area contributed by atoms with Gasteiger partial charge in [0, 0.05) is 22.6 Å². The predicted octanol–water partition coefficient (Wildman–Crippen LogP) is 4.80. The zero-order valence-electron chi connectivity index (χ0n) is 12.3. The highest BCUT2D eigenvalue weighted by atomic mass is 79.9. The Balaban J connectivity index is 1.84. The Morgan fingerprint density at radius 1 is 1.43 bits per heavy atom. The molecule has 0 aliphatic heterocycles. The summed E-state index contributed by atoms with van der Waals surface area (Å²) >= 11 is 3.53. The van der Waals surface area contributed by atoms with Gasteiger partial charge in [0.1, 0.15) is 0 Å². The Kier molecular flexibility index (Phi) is 6.21. The first-order chi connectivity index (χ1) is 10.2. The van der Waals surface area contributed by atoms with Gasteiger partial charge in [-0.3, -0.25) is 0 Å². The van der Waals surface area contributed by atoms with Crippen molar-refractivity contribution in [2.24, 2.45) is 5.92 Å². The molecule has 3 nitrogen and oxygen atoms in total. The van der Waals surface area contributed by atoms with E-state index in [-0.39, 0.29) is 0 Å². The number of benzene rings is 1. The average molecular weight is 349 g/mol. The molecule has 4 heteroatoms. The minimum Gasteiger partial charge on any atom is -0.356 e. The van der Waals surface area contributed by atoms with Crippen molar-refractivity contribution in [3.05, 3.63) is 53.2 Å². The summed E-state index contributed by atoms with van der Waals surface area (Å²) in [6.45, 7) is 7.72. The van der Waals surface area contributed by atoms with Gasteiger partial charge < -0.3 is 9.84 Å². The predicted molar refractivity (Wildman–Crippen MR) is 89.9 cm³/mol. The second kappa shape index (κ2) is 8.15. The molecular formula is C17H21BrN2O. The van der Waals surface area contributed by atoms with Crippen LogP contribution in [0.25, 0.3) is 11.3 Å². The fourth-order valence-electron chi connectivity index (χ4n) is 2.15. The second-order valence-corrected chi connectivity index (χ2v) is 6.11. The van der Waals surface area contributed by atoms with Gasteiger partial charge in [-0.05, 0) is 37.4 Å². The van der Waals surface area contributed by atoms with E-state index in [4.69, 9.17) is 4.52 Å². The standard InChI is InChI=1S/C17H21BrN2O/c1-3-6-13(2)9-10-19-12-14-11-17(21-20-14)15-7-4-5-8-16(15)18/h3-5,7-8,11,13,19H,1,6,9-10,12H2,2H3. The summed E-state index contributed by atoms with van der Waals surface area (Å²) in [4.78, 5) is 0. The summed E-state index contributed by atoms with van der Waals surface area (Å²) in [5.74, 6) is 1.46. The highest BCUT2D eigenvalue weighted by Gasteiger charge is 2.09. The van der Waals surface area contributed by atoms with Gasteiger partial charge in [-0.2, -0.15) is 0 Å². The van der Waals surface area contributed by atoms with Gasteiger partial charge in [-0.25, -0.2) is 0 Å². The summed E-state index contributed by atoms with van der Waals surface area (Å²) in [5.41, 5.74) is 1.95. The molecular weight excluding hydrogens is 328 g/mol. The van der Waals surface area contributed by atoms with Crippen LogP contribution >= 0.6 is 15.9 Å². The van der Waals surface area contributed by atoms with Crippen molar-refractivity contribution in [1.29, 1.82) is 0 Å². The van der Waals surface area contributed by atoms with Crippen LogP contribution in [-0.2, 0) is 6.54 Å². The van der Waals surface area contributed by atoms with Crippen LogP contribution in [0.1, 0.15) is 25.5 Å². The zero-order valence-corrected chi connectivity index (χ0v) is 13.9. The van der Waals surface area contributed by atoms with E-state index >= 15 is 0 Å². The van der Waals surface area contributed by atoms with Crippen molar-refractivity contribution in [3.63, 3.8) is 0 Å². The van der Waals surface area contributed by atoms with E-state index in [1.807, 2.05) is 36.4 Å². The lowest BCUT2D eigenvalue weighted by Crippen LogP contribution is -2.17. The van der Waals surface area contributed by atoms with Crippen LogP contribution < -0.4 is 5.32 Å². The third-order valence-electron chi connectivity index (χ3n) is 3.39. The fourth-order valence-corrected chi connectivity index (χ4v) is 2.63. The van der Waals surface area contributed by atoms with E-state index in [9.17, 15) is 0 Å². The lowest BCUT2D eigenvalue weighted by molar-refractivity contribution is 0.418. The minimum atomic E-state index is 0.670. The molecule has 1 unspecified atom stereocenters. The van der Waals surface area contributed by atoms with Crippen LogP contribution in [0.3, 0.4) is 0 Å². The maximum absolute atomic E-state index is 5.41. The zero-order chi connectivity index (χ0) is 15.1. The highest BCUT2D eigenvalue weighted by molar-refractivity contribution is 9.10. The molecule has 1 heterocycles. The summed E-state index contributed by atoms with van der Waals surface area (Å²) in [7, 11) is 0. The molecule has 0 saturated carbocycles. The van der Waals surface area contributed by atoms with Crippen molar-refractivity contribution < 1.29 is 4.52 Å². The van der Waals surface area contributed by atoms with Crippen molar-refractivity contribution in [2.45, 2.75) is 26.3 Å². The summed E-state index contributed by atoms with van der Waals surface area (Å²) in [5, 5.41) is 7.51. The normalized spacial score (nSPS) is 12.3. The number of allylic oxidation sites excluding steroid dienone is 1. The minimum absolute atomic E-state index is 0.670. The van der Waals surface area contributed by atoms with E-state index in [1.54, 1.807) is 0 Å². The molecule has 1 atom stereocenters. The maximum Gasteiger partial charge on any atom is 0.168 e. The summed E-state index contributed by atoms with van der Waals surface area (Å²) < 4.78 is 6.43. The molecule has 1 aromatic heterocycles. The number of halogens is 1. The number of nitrogens with zero attached hydrogens (tertiary/aromatic N) is 1. The van der Waals surface area contributed by atoms with E-state index in [0.29, 0.717) is 5.92 Å². The first kappa shape index (κ1) is 16.0. The third-order valence-corrected chi connectivity index (χ3v) is 4.08. The lowest BCUT2D eigenvalue weighted by atomic mass is 10.0. The SMILES string of the molecule is C=CCC(C)CCNCc1cc(-c2ccccc2Br)on1. The molecule has 0 saturated heterocycles. The van der Waals surface area contributed by atoms with E-state index in [2.05, 4.69) is 39.9 Å². The molecule has 112 valence electrons. The molecule has 0 radical (unpaired) electrons. The van der Waals surface area contributed by atoms with E-state index in [1.165, 1.54) is 0 Å². The molecule has 2 aromatic rings. The number of nitrogens with one attached hydrogen (secondary N) is 1. The monoisotopic (exact) mass is 348 g/mol. The largest absolute Gasteiger partial charge is 0.356 e. The molecule has 1 aromatic carbocycles. The number of hydrogen-bond donors (Lipinski definition) is 1. The molecule has 0 bridgehead atoms. The summed E-state index contributed by atoms with van der Waals surface area (Å²) in [6, 6.07) is 9.97. The fraction of sp³-hybridized carbons (Fsp3) is 0.353. The topological polar surface area (TPSA) is 38.1 Å². The lowest BCUT2D eigenvalue weighted by Gasteiger charge is -2.08. The van der Waals surface area contributed by atoms with Crippen molar-refractivity contribution in [3.8, 4) is 11.3 Å². The van der Waals surface area contributed by atoms with Gasteiger partial charge in [-0.1, -0.05) is 46.2 Å². The molecule has 2 rings (SSSR count). The number of aromatic nitrogens is 1. The van der Waals surface area contributed by atoms with Crippen LogP contribution in [0.4, 0.5) is 0 Å². The quantitative estimate of drug-likeness (QED) is 0.550. The van der Waals surface area contributed by atoms with Crippen molar-refractivity contribution in [1.82, 2.24) is 10.5 Å². The van der Waals surface area contributed by atoms with Gasteiger partial charge in [0.2, 0.25) is 0 Å². The van der Waals surface area contributed by atoms with Gasteiger partial charge in [0.05, 0.1) is 5.69 Å². The molecule has 21 heavy (non-hydrogen) atoms. The molecule has 0 spiro atoms. The van der Waals surface area contributed by atoms with E-state index < -0.39 is 0 Å². The van der Waals surface area contributed by atoms with Crippen LogP contribution in [0.15, 0.2) is 52.0 Å². The smallest absolute Gasteiger partial charge is 0.168 e. The third kappa shape index (κ3) is 4.83. The molecule has 0 fully saturated rings. The van der Waals surface area contributed by atoms with Crippen LogP contribution in [0.2, 0.25) is 0 Å². The first-order valence-electron chi connectivity index (χ1n) is 7.22. The molecule has 0 aliphatic rings. The number of rotatable bonds is 8. The van der Waals surface area contributed by atoms with E-state index in [0.717, 1.165) is 47.4 Å². The first-order valence-corrected chi connectivity index (χ1v) is 8.02. The Morgan fingerprint density at radius 2 is 2.24 bits per heavy atom. The van der Waals surface area contributed by atoms with Gasteiger partial charge in [0.15, 0.2) is 5.76 Å². The van der Waals surface area contributed by atoms with Crippen molar-refractivity contribution in [2.75, 3.05) is 6.54 Å².